The number of ether oxygens (including phenoxy) is 1. The van der Waals surface area contributed by atoms with E-state index in [0.29, 0.717) is 34.7 Å². The van der Waals surface area contributed by atoms with E-state index in [-0.39, 0.29) is 6.42 Å². The molecule has 0 fully saturated rings. The predicted octanol–water partition coefficient (Wildman–Crippen LogP) is 4.74. The molecule has 3 rings (SSSR count). The molecule has 1 aromatic carbocycles. The van der Waals surface area contributed by atoms with Crippen molar-refractivity contribution in [3.63, 3.8) is 0 Å². The molecule has 1 atom stereocenters. The van der Waals surface area contributed by atoms with E-state index >= 15 is 0 Å². The number of pyridine rings is 1. The summed E-state index contributed by atoms with van der Waals surface area (Å²) in [6, 6.07) is 7.00. The van der Waals surface area contributed by atoms with Crippen molar-refractivity contribution < 1.29 is 18.6 Å². The van der Waals surface area contributed by atoms with Crippen molar-refractivity contribution in [3.05, 3.63) is 63.9 Å². The van der Waals surface area contributed by atoms with E-state index in [4.69, 9.17) is 4.74 Å². The molecule has 0 saturated heterocycles. The average molecular weight is 425 g/mol. The van der Waals surface area contributed by atoms with Crippen LogP contribution in [0.4, 0.5) is 8.78 Å². The van der Waals surface area contributed by atoms with E-state index in [1.54, 1.807) is 0 Å². The zero-order chi connectivity index (χ0) is 18.7. The minimum Gasteiger partial charge on any atom is -0.386 e. The molecule has 0 amide bonds. The molecule has 0 saturated carbocycles. The third kappa shape index (κ3) is 4.28. The van der Waals surface area contributed by atoms with E-state index in [0.717, 1.165) is 17.9 Å². The molecule has 138 valence electrons. The Bertz CT molecular complexity index is 894. The maximum absolute atomic E-state index is 13.4. The van der Waals surface area contributed by atoms with Gasteiger partial charge in [0.2, 0.25) is 0 Å². The highest BCUT2D eigenvalue weighted by atomic mass is 79.9. The number of hydrogen-bond donors (Lipinski definition) is 1. The van der Waals surface area contributed by atoms with Crippen molar-refractivity contribution in [2.75, 3.05) is 6.61 Å². The lowest BCUT2D eigenvalue weighted by Gasteiger charge is -2.14. The fourth-order valence-corrected chi connectivity index (χ4v) is 3.39. The smallest absolute Gasteiger partial charge is 0.142 e. The summed E-state index contributed by atoms with van der Waals surface area (Å²) in [5.74, 6) is -1.34. The molecular weight excluding hydrogens is 406 g/mol. The van der Waals surface area contributed by atoms with Gasteiger partial charge in [0.15, 0.2) is 0 Å². The number of halogens is 3. The van der Waals surface area contributed by atoms with Gasteiger partial charge >= 0.3 is 0 Å². The van der Waals surface area contributed by atoms with E-state index in [2.05, 4.69) is 20.9 Å². The number of aliphatic hydroxyl groups excluding tert-OH is 1. The summed E-state index contributed by atoms with van der Waals surface area (Å²) in [4.78, 5) is 4.55. The first-order valence-electron chi connectivity index (χ1n) is 8.34. The van der Waals surface area contributed by atoms with Gasteiger partial charge in [-0.1, -0.05) is 6.92 Å². The first-order chi connectivity index (χ1) is 12.5. The number of benzene rings is 1. The maximum atomic E-state index is 13.4. The molecular formula is C19H19BrF2N2O2. The standard InChI is InChI=1S/C19H19BrF2N2O2/c1-2-5-26-11-24-4-3-13-9-16(20)18(23-19(13)24)17(25)8-12-6-14(21)10-15(22)7-12/h3-4,6-7,9-10,17,25H,2,5,8,11H2,1H3. The van der Waals surface area contributed by atoms with Crippen LogP contribution >= 0.6 is 15.9 Å². The number of nitrogens with zero attached hydrogens (tertiary/aromatic N) is 2. The molecule has 0 bridgehead atoms. The van der Waals surface area contributed by atoms with Gasteiger partial charge in [-0.2, -0.15) is 0 Å². The fraction of sp³-hybridized carbons (Fsp3) is 0.316. The van der Waals surface area contributed by atoms with Gasteiger partial charge in [-0.15, -0.1) is 0 Å². The number of aromatic nitrogens is 2. The highest BCUT2D eigenvalue weighted by Gasteiger charge is 2.17. The Hall–Kier alpha value is -1.83. The van der Waals surface area contributed by atoms with Gasteiger partial charge in [0, 0.05) is 35.1 Å². The molecule has 4 nitrogen and oxygen atoms in total. The summed E-state index contributed by atoms with van der Waals surface area (Å²) in [5, 5.41) is 11.5. The second-order valence-electron chi connectivity index (χ2n) is 6.09. The molecule has 3 aromatic rings. The van der Waals surface area contributed by atoms with Crippen molar-refractivity contribution in [2.45, 2.75) is 32.6 Å². The van der Waals surface area contributed by atoms with E-state index in [1.807, 2.05) is 29.8 Å². The molecule has 1 unspecified atom stereocenters. The lowest BCUT2D eigenvalue weighted by Crippen LogP contribution is -2.08. The zero-order valence-electron chi connectivity index (χ0n) is 14.3. The summed E-state index contributed by atoms with van der Waals surface area (Å²) in [6.07, 6.45) is 1.85. The highest BCUT2D eigenvalue weighted by Crippen LogP contribution is 2.29. The molecule has 0 aliphatic carbocycles. The second kappa shape index (κ2) is 8.24. The minimum absolute atomic E-state index is 0.0544. The van der Waals surface area contributed by atoms with Gasteiger partial charge in [-0.05, 0) is 52.2 Å². The Morgan fingerprint density at radius 1 is 1.23 bits per heavy atom. The monoisotopic (exact) mass is 424 g/mol. The molecule has 2 heterocycles. The maximum Gasteiger partial charge on any atom is 0.142 e. The number of aliphatic hydroxyl groups is 1. The second-order valence-corrected chi connectivity index (χ2v) is 6.94. The van der Waals surface area contributed by atoms with Crippen LogP contribution < -0.4 is 0 Å². The van der Waals surface area contributed by atoms with E-state index in [9.17, 15) is 13.9 Å². The first kappa shape index (κ1) is 18.9. The van der Waals surface area contributed by atoms with Gasteiger partial charge in [0.1, 0.15) is 30.1 Å². The summed E-state index contributed by atoms with van der Waals surface area (Å²) in [7, 11) is 0. The van der Waals surface area contributed by atoms with Crippen LogP contribution in [0.15, 0.2) is 41.0 Å². The molecule has 1 N–H and O–H groups in total. The predicted molar refractivity (Wildman–Crippen MR) is 98.7 cm³/mol. The van der Waals surface area contributed by atoms with Crippen LogP contribution in [0, 0.1) is 11.6 Å². The molecule has 26 heavy (non-hydrogen) atoms. The van der Waals surface area contributed by atoms with Gasteiger partial charge < -0.3 is 14.4 Å². The van der Waals surface area contributed by atoms with Gasteiger partial charge in [0.05, 0.1) is 5.69 Å². The Morgan fingerprint density at radius 2 is 1.96 bits per heavy atom. The van der Waals surface area contributed by atoms with Gasteiger partial charge in [0.25, 0.3) is 0 Å². The molecule has 0 aliphatic rings. The van der Waals surface area contributed by atoms with Crippen LogP contribution in [-0.4, -0.2) is 21.3 Å². The van der Waals surface area contributed by atoms with Gasteiger partial charge in [-0.3, -0.25) is 0 Å². The van der Waals surface area contributed by atoms with Crippen molar-refractivity contribution in [3.8, 4) is 0 Å². The Kier molecular flexibility index (Phi) is 6.01. The van der Waals surface area contributed by atoms with Crippen molar-refractivity contribution in [1.29, 1.82) is 0 Å². The first-order valence-corrected chi connectivity index (χ1v) is 9.13. The lowest BCUT2D eigenvalue weighted by atomic mass is 10.0. The largest absolute Gasteiger partial charge is 0.386 e. The van der Waals surface area contributed by atoms with E-state index < -0.39 is 17.7 Å². The van der Waals surface area contributed by atoms with E-state index in [1.165, 1.54) is 12.1 Å². The average Bonchev–Trinajstić information content (AvgIpc) is 2.95. The van der Waals surface area contributed by atoms with Crippen molar-refractivity contribution in [1.82, 2.24) is 9.55 Å². The summed E-state index contributed by atoms with van der Waals surface area (Å²) in [6.45, 7) is 3.06. The van der Waals surface area contributed by atoms with Crippen LogP contribution in [0.2, 0.25) is 0 Å². The molecule has 0 spiro atoms. The zero-order valence-corrected chi connectivity index (χ0v) is 15.8. The third-order valence-corrected chi connectivity index (χ3v) is 4.60. The topological polar surface area (TPSA) is 47.3 Å². The summed E-state index contributed by atoms with van der Waals surface area (Å²) < 4.78 is 34.8. The SMILES string of the molecule is CCCOCn1ccc2cc(Br)c(C(O)Cc3cc(F)cc(F)c3)nc21. The molecule has 0 aliphatic heterocycles. The van der Waals surface area contributed by atoms with Crippen LogP contribution in [0.1, 0.15) is 30.7 Å². The number of fused-ring (bicyclic) bond motifs is 1. The Balaban J connectivity index is 1.87. The third-order valence-electron chi connectivity index (χ3n) is 3.96. The van der Waals surface area contributed by atoms with Crippen LogP contribution in [0.25, 0.3) is 11.0 Å². The number of rotatable bonds is 7. The summed E-state index contributed by atoms with van der Waals surface area (Å²) in [5.41, 5.74) is 1.46. The van der Waals surface area contributed by atoms with Crippen LogP contribution in [0.5, 0.6) is 0 Å². The quantitative estimate of drug-likeness (QED) is 0.557. The minimum atomic E-state index is -1.00. The van der Waals surface area contributed by atoms with Gasteiger partial charge in [-0.25, -0.2) is 13.8 Å². The van der Waals surface area contributed by atoms with Crippen LogP contribution in [-0.2, 0) is 17.9 Å². The normalized spacial score (nSPS) is 12.7. The molecule has 7 heteroatoms. The van der Waals surface area contributed by atoms with Crippen molar-refractivity contribution >= 4 is 27.0 Å². The Labute approximate surface area is 158 Å². The Morgan fingerprint density at radius 3 is 2.65 bits per heavy atom. The van der Waals surface area contributed by atoms with Crippen LogP contribution in [0.3, 0.4) is 0 Å². The molecule has 0 radical (unpaired) electrons. The highest BCUT2D eigenvalue weighted by molar-refractivity contribution is 9.10. The number of hydrogen-bond acceptors (Lipinski definition) is 3. The summed E-state index contributed by atoms with van der Waals surface area (Å²) >= 11 is 3.42. The lowest BCUT2D eigenvalue weighted by molar-refractivity contribution is 0.0799. The fourth-order valence-electron chi connectivity index (χ4n) is 2.79. The molecule has 2 aromatic heterocycles. The van der Waals surface area contributed by atoms with Crippen molar-refractivity contribution in [2.24, 2.45) is 0 Å².